The van der Waals surface area contributed by atoms with Crippen LogP contribution in [0.1, 0.15) is 80.6 Å². The maximum Gasteiger partial charge on any atom is 0.0128 e. The Labute approximate surface area is 175 Å². The lowest BCUT2D eigenvalue weighted by atomic mass is 9.40. The van der Waals surface area contributed by atoms with Crippen molar-refractivity contribution in [1.82, 2.24) is 0 Å². The topological polar surface area (TPSA) is 0 Å². The first-order valence-electron chi connectivity index (χ1n) is 12.0. The molecule has 4 aliphatic carbocycles. The summed E-state index contributed by atoms with van der Waals surface area (Å²) < 4.78 is 0. The fourth-order valence-electron chi connectivity index (χ4n) is 8.01. The summed E-state index contributed by atoms with van der Waals surface area (Å²) in [5.41, 5.74) is 4.95. The van der Waals surface area contributed by atoms with E-state index in [-0.39, 0.29) is 5.41 Å². The highest BCUT2D eigenvalue weighted by Crippen LogP contribution is 2.70. The van der Waals surface area contributed by atoms with Gasteiger partial charge < -0.3 is 0 Å². The summed E-state index contributed by atoms with van der Waals surface area (Å²) in [4.78, 5) is 0. The molecule has 0 heteroatoms. The van der Waals surface area contributed by atoms with Crippen molar-refractivity contribution < 1.29 is 0 Å². The van der Waals surface area contributed by atoms with Gasteiger partial charge in [-0.25, -0.2) is 0 Å². The van der Waals surface area contributed by atoms with Crippen LogP contribution < -0.4 is 0 Å². The molecule has 8 atom stereocenters. The Morgan fingerprint density at radius 3 is 2.46 bits per heavy atom. The molecule has 0 aromatic carbocycles. The first-order chi connectivity index (χ1) is 13.2. The lowest BCUT2D eigenvalue weighted by Crippen LogP contribution is -2.57. The number of allylic oxidation sites excluding steroid dienone is 6. The zero-order chi connectivity index (χ0) is 20.9. The Bertz CT molecular complexity index is 691. The summed E-state index contributed by atoms with van der Waals surface area (Å²) >= 11 is 0. The highest BCUT2D eigenvalue weighted by Gasteiger charge is 2.63. The molecule has 0 heterocycles. The highest BCUT2D eigenvalue weighted by molar-refractivity contribution is 5.45. The highest BCUT2D eigenvalue weighted by atomic mass is 14.7. The van der Waals surface area contributed by atoms with Crippen LogP contribution in [0, 0.1) is 46.3 Å². The van der Waals surface area contributed by atoms with Crippen LogP contribution in [0.5, 0.6) is 0 Å². The second-order valence-electron chi connectivity index (χ2n) is 10.4. The van der Waals surface area contributed by atoms with Crippen LogP contribution in [0.25, 0.3) is 0 Å². The Kier molecular flexibility index (Phi) is 5.92. The molecule has 4 aliphatic rings. The van der Waals surface area contributed by atoms with Gasteiger partial charge in [-0.15, -0.1) is 0 Å². The predicted molar refractivity (Wildman–Crippen MR) is 124 cm³/mol. The number of fused-ring (bicyclic) bond motifs is 5. The largest absolute Gasteiger partial charge is 0.0996 e. The number of hydrogen-bond acceptors (Lipinski definition) is 0. The summed E-state index contributed by atoms with van der Waals surface area (Å²) in [6.07, 6.45) is 13.8. The first kappa shape index (κ1) is 21.7. The predicted octanol–water partition coefficient (Wildman–Crippen LogP) is 8.38. The Morgan fingerprint density at radius 1 is 1.14 bits per heavy atom. The number of rotatable bonds is 2. The fourth-order valence-corrected chi connectivity index (χ4v) is 8.01. The van der Waals surface area contributed by atoms with Gasteiger partial charge in [-0.05, 0) is 78.6 Å². The molecule has 0 nitrogen and oxygen atoms in total. The molecule has 0 aliphatic heterocycles. The smallest absolute Gasteiger partial charge is 0.0128 e. The van der Waals surface area contributed by atoms with Crippen LogP contribution in [-0.4, -0.2) is 0 Å². The van der Waals surface area contributed by atoms with Crippen molar-refractivity contribution in [3.05, 3.63) is 48.1 Å². The van der Waals surface area contributed by atoms with Crippen molar-refractivity contribution in [2.45, 2.75) is 80.6 Å². The van der Waals surface area contributed by atoms with Crippen LogP contribution in [-0.2, 0) is 0 Å². The molecule has 0 aromatic rings. The van der Waals surface area contributed by atoms with E-state index in [1.54, 1.807) is 5.57 Å². The van der Waals surface area contributed by atoms with E-state index in [9.17, 15) is 0 Å². The summed E-state index contributed by atoms with van der Waals surface area (Å²) in [5.74, 6) is 4.97. The fraction of sp³-hybridized carbons (Fsp3) is 0.714. The third kappa shape index (κ3) is 2.85. The molecule has 0 radical (unpaired) electrons. The van der Waals surface area contributed by atoms with E-state index in [0.717, 1.165) is 41.9 Å². The average Bonchev–Trinajstić information content (AvgIpc) is 3.00. The standard InChI is InChI=1S/C26H38.C2H6/c1-8-17(3)24-18(4)14-21-22(24)15-19(5)26(7)23(21)10-9-20-13-16(2)11-12-25(20,26)6;1-2/h11-13,18-19,21-24H,2-3,8-10,14-15H2,1,4-7H3;1-2H3/t18-,19?,21?,22?,23?,24?,25?,26?;/m1./s1. The lowest BCUT2D eigenvalue weighted by Gasteiger charge is -2.64. The Hall–Kier alpha value is -1.04. The number of hydrogen-bond donors (Lipinski definition) is 0. The van der Waals surface area contributed by atoms with Gasteiger partial charge in [0.2, 0.25) is 0 Å². The van der Waals surface area contributed by atoms with Gasteiger partial charge in [0.15, 0.2) is 0 Å². The molecular weight excluding hydrogens is 336 g/mol. The van der Waals surface area contributed by atoms with E-state index in [1.165, 1.54) is 36.8 Å². The molecule has 156 valence electrons. The summed E-state index contributed by atoms with van der Waals surface area (Å²) in [7, 11) is 0. The first-order valence-corrected chi connectivity index (χ1v) is 12.0. The van der Waals surface area contributed by atoms with E-state index in [1.807, 2.05) is 13.8 Å². The van der Waals surface area contributed by atoms with Crippen molar-refractivity contribution in [2.75, 3.05) is 0 Å². The van der Waals surface area contributed by atoms with E-state index in [2.05, 4.69) is 66.0 Å². The normalized spacial score (nSPS) is 46.5. The van der Waals surface area contributed by atoms with Gasteiger partial charge in [0.25, 0.3) is 0 Å². The molecule has 0 aromatic heterocycles. The minimum atomic E-state index is 0.213. The van der Waals surface area contributed by atoms with Crippen molar-refractivity contribution in [3.8, 4) is 0 Å². The molecule has 0 bridgehead atoms. The summed E-state index contributed by atoms with van der Waals surface area (Å²) in [6.45, 7) is 25.2. The summed E-state index contributed by atoms with van der Waals surface area (Å²) in [6, 6.07) is 0. The minimum absolute atomic E-state index is 0.213. The molecule has 0 N–H and O–H groups in total. The molecule has 0 saturated heterocycles. The van der Waals surface area contributed by atoms with E-state index in [0.29, 0.717) is 5.41 Å². The van der Waals surface area contributed by atoms with Gasteiger partial charge >= 0.3 is 0 Å². The third-order valence-electron chi connectivity index (χ3n) is 9.63. The van der Waals surface area contributed by atoms with Crippen molar-refractivity contribution in [1.29, 1.82) is 0 Å². The maximum atomic E-state index is 4.50. The molecule has 4 rings (SSSR count). The van der Waals surface area contributed by atoms with Crippen molar-refractivity contribution in [3.63, 3.8) is 0 Å². The molecule has 0 amide bonds. The third-order valence-corrected chi connectivity index (χ3v) is 9.63. The van der Waals surface area contributed by atoms with Gasteiger partial charge in [-0.2, -0.15) is 0 Å². The van der Waals surface area contributed by atoms with Crippen LogP contribution >= 0.6 is 0 Å². The second kappa shape index (κ2) is 7.66. The zero-order valence-electron chi connectivity index (χ0n) is 19.6. The van der Waals surface area contributed by atoms with Gasteiger partial charge in [-0.1, -0.05) is 91.0 Å². The molecule has 3 saturated carbocycles. The maximum absolute atomic E-state index is 4.50. The summed E-state index contributed by atoms with van der Waals surface area (Å²) in [5, 5.41) is 0. The molecule has 3 fully saturated rings. The van der Waals surface area contributed by atoms with E-state index >= 15 is 0 Å². The second-order valence-corrected chi connectivity index (χ2v) is 10.4. The molecule has 0 spiro atoms. The lowest BCUT2D eigenvalue weighted by molar-refractivity contribution is -0.101. The zero-order valence-corrected chi connectivity index (χ0v) is 19.6. The Balaban J connectivity index is 0.00000109. The average molecular weight is 381 g/mol. The van der Waals surface area contributed by atoms with Crippen molar-refractivity contribution >= 4 is 0 Å². The SMILES string of the molecule is C=C1C=CC2(C)C(=C1)CCC1C3C[C@@H](C)C(C(=C)CC)C3CC(C)C12C.CC. The van der Waals surface area contributed by atoms with Crippen LogP contribution in [0.3, 0.4) is 0 Å². The quantitative estimate of drug-likeness (QED) is 0.422. The van der Waals surface area contributed by atoms with E-state index < -0.39 is 0 Å². The Morgan fingerprint density at radius 2 is 1.82 bits per heavy atom. The van der Waals surface area contributed by atoms with E-state index in [4.69, 9.17) is 0 Å². The van der Waals surface area contributed by atoms with Gasteiger partial charge in [0, 0.05) is 5.41 Å². The van der Waals surface area contributed by atoms with Crippen LogP contribution in [0.4, 0.5) is 0 Å². The minimum Gasteiger partial charge on any atom is -0.0996 e. The van der Waals surface area contributed by atoms with Gasteiger partial charge in [0.1, 0.15) is 0 Å². The van der Waals surface area contributed by atoms with Gasteiger partial charge in [0.05, 0.1) is 0 Å². The van der Waals surface area contributed by atoms with Crippen LogP contribution in [0.2, 0.25) is 0 Å². The monoisotopic (exact) mass is 380 g/mol. The molecule has 7 unspecified atom stereocenters. The van der Waals surface area contributed by atoms with Crippen molar-refractivity contribution in [2.24, 2.45) is 46.3 Å². The van der Waals surface area contributed by atoms with Gasteiger partial charge in [-0.3, -0.25) is 0 Å². The molecular formula is C28H44. The molecule has 28 heavy (non-hydrogen) atoms. The van der Waals surface area contributed by atoms with Crippen LogP contribution in [0.15, 0.2) is 48.1 Å².